The van der Waals surface area contributed by atoms with Crippen LogP contribution in [0.2, 0.25) is 0 Å². The molecule has 2 rings (SSSR count). The molecule has 0 radical (unpaired) electrons. The molecule has 0 saturated carbocycles. The predicted octanol–water partition coefficient (Wildman–Crippen LogP) is 1.29. The molecule has 328 valence electrons. The van der Waals surface area contributed by atoms with Crippen molar-refractivity contribution in [3.63, 3.8) is 0 Å². The van der Waals surface area contributed by atoms with Crippen LogP contribution in [0.3, 0.4) is 0 Å². The number of phenols is 1. The maximum atomic E-state index is 14.2. The molecule has 20 heteroatoms. The van der Waals surface area contributed by atoms with E-state index in [2.05, 4.69) is 36.3 Å². The largest absolute Gasteiger partial charge is 0.508 e. The Bertz CT molecular complexity index is 1630. The van der Waals surface area contributed by atoms with E-state index in [4.69, 9.17) is 22.7 Å². The average Bonchev–Trinajstić information content (AvgIpc) is 3.69. The highest BCUT2D eigenvalue weighted by Gasteiger charge is 2.40. The second-order valence-electron chi connectivity index (χ2n) is 15.4. The Morgan fingerprint density at radius 3 is 2.17 bits per heavy atom. The van der Waals surface area contributed by atoms with Crippen molar-refractivity contribution in [1.29, 1.82) is 0 Å². The monoisotopic (exact) mass is 828 g/mol. The van der Waals surface area contributed by atoms with Crippen LogP contribution in [-0.4, -0.2) is 112 Å². The molecule has 0 bridgehead atoms. The SMILES string of the molecule is CC[C@H](C)[C@@H](NC(=O)[C@@H](Cc1ccc(O)cc1)NC(=O)[C@H]1CCCN1C(=O)[C@@H](CCCN=C(N)N)NC(=O)[C@H](CCCCCN)N=[N+]=[N-])C(=O)N[C@H](CC(C)C)C(=O)O. The number of benzene rings is 1. The summed E-state index contributed by atoms with van der Waals surface area (Å²) in [6.07, 6.45) is 3.86. The molecule has 1 aromatic rings. The van der Waals surface area contributed by atoms with Gasteiger partial charge >= 0.3 is 5.97 Å². The van der Waals surface area contributed by atoms with Crippen LogP contribution < -0.4 is 38.5 Å². The Balaban J connectivity index is 2.40. The fourth-order valence-electron chi connectivity index (χ4n) is 6.75. The molecule has 1 fully saturated rings. The molecule has 0 unspecified atom stereocenters. The molecule has 20 nitrogen and oxygen atoms in total. The van der Waals surface area contributed by atoms with Crippen LogP contribution in [0.5, 0.6) is 5.75 Å². The molecule has 7 atom stereocenters. The second-order valence-corrected chi connectivity index (χ2v) is 15.4. The van der Waals surface area contributed by atoms with E-state index in [1.165, 1.54) is 17.0 Å². The molecule has 59 heavy (non-hydrogen) atoms. The lowest BCUT2D eigenvalue weighted by Gasteiger charge is -2.31. The number of aliphatic carboxylic acids is 1. The number of phenolic OH excluding ortho intramolecular Hbond substituents is 1. The van der Waals surface area contributed by atoms with E-state index >= 15 is 0 Å². The molecule has 0 aromatic heterocycles. The van der Waals surface area contributed by atoms with E-state index < -0.39 is 77.7 Å². The molecular formula is C39H64N12O8. The summed E-state index contributed by atoms with van der Waals surface area (Å²) in [6.45, 7) is 8.00. The fraction of sp³-hybridized carbons (Fsp3) is 0.667. The van der Waals surface area contributed by atoms with Crippen LogP contribution in [0.1, 0.15) is 97.5 Å². The maximum absolute atomic E-state index is 14.2. The molecule has 1 aromatic carbocycles. The van der Waals surface area contributed by atoms with Crippen molar-refractivity contribution < 1.29 is 39.0 Å². The summed E-state index contributed by atoms with van der Waals surface area (Å²) < 4.78 is 0. The van der Waals surface area contributed by atoms with Gasteiger partial charge in [-0.1, -0.05) is 64.2 Å². The van der Waals surface area contributed by atoms with Crippen molar-refractivity contribution >= 4 is 41.5 Å². The number of likely N-dealkylation sites (tertiary alicyclic amines) is 1. The van der Waals surface area contributed by atoms with Gasteiger partial charge in [-0.05, 0) is 86.6 Å². The number of rotatable bonds is 26. The van der Waals surface area contributed by atoms with E-state index in [0.717, 1.165) is 6.42 Å². The normalized spacial score (nSPS) is 16.6. The van der Waals surface area contributed by atoms with E-state index in [1.54, 1.807) is 19.1 Å². The third-order valence-electron chi connectivity index (χ3n) is 10.2. The standard InChI is InChI=1S/C39H64N12O8/c1-5-24(4)32(36(56)47-30(38(58)59)21-23(2)3)48-34(54)29(22-25-14-16-26(52)17-15-25)46-35(55)31-13-10-20-51(31)37(57)28(12-9-19-44-39(41)42)45-33(53)27(49-50-43)11-7-6-8-18-40/h14-17,23-24,27-32,52H,5-13,18-22,40H2,1-4H3,(H,45,53)(H,46,55)(H,47,56)(H,48,54)(H,58,59)(H4,41,42,44)/t24-,27-,28+,29+,30+,31+,32+/m0/s1. The summed E-state index contributed by atoms with van der Waals surface area (Å²) in [7, 11) is 0. The van der Waals surface area contributed by atoms with Gasteiger partial charge in [-0.25, -0.2) is 4.79 Å². The van der Waals surface area contributed by atoms with Crippen LogP contribution in [0.15, 0.2) is 34.4 Å². The minimum Gasteiger partial charge on any atom is -0.508 e. The number of carboxylic acid groups (broad SMARTS) is 1. The number of aliphatic imine (C=N–C) groups is 1. The van der Waals surface area contributed by atoms with Crippen LogP contribution >= 0.6 is 0 Å². The van der Waals surface area contributed by atoms with Gasteiger partial charge in [0.2, 0.25) is 29.5 Å². The number of nitrogens with two attached hydrogens (primary N) is 3. The average molecular weight is 829 g/mol. The molecule has 0 spiro atoms. The first-order valence-electron chi connectivity index (χ1n) is 20.3. The third kappa shape index (κ3) is 17.0. The summed E-state index contributed by atoms with van der Waals surface area (Å²) in [5.74, 6) is -5.12. The van der Waals surface area contributed by atoms with Gasteiger partial charge in [0.1, 0.15) is 42.0 Å². The molecule has 1 aliphatic rings. The van der Waals surface area contributed by atoms with Crippen molar-refractivity contribution in [3.8, 4) is 5.75 Å². The van der Waals surface area contributed by atoms with Crippen LogP contribution in [0, 0.1) is 11.8 Å². The van der Waals surface area contributed by atoms with Crippen molar-refractivity contribution in [3.05, 3.63) is 40.3 Å². The van der Waals surface area contributed by atoms with Gasteiger partial charge in [0.05, 0.1) is 0 Å². The second kappa shape index (κ2) is 25.7. The summed E-state index contributed by atoms with van der Waals surface area (Å²) in [5.41, 5.74) is 26.2. The fourth-order valence-corrected chi connectivity index (χ4v) is 6.75. The zero-order valence-corrected chi connectivity index (χ0v) is 34.6. The van der Waals surface area contributed by atoms with E-state index in [9.17, 15) is 39.0 Å². The Labute approximate surface area is 345 Å². The topological polar surface area (TPSA) is 333 Å². The molecule has 1 saturated heterocycles. The van der Waals surface area contributed by atoms with Gasteiger partial charge in [-0.15, -0.1) is 0 Å². The maximum Gasteiger partial charge on any atom is 0.326 e. The third-order valence-corrected chi connectivity index (χ3v) is 10.2. The number of amides is 5. The highest BCUT2D eigenvalue weighted by molar-refractivity contribution is 5.97. The minimum absolute atomic E-state index is 0.0147. The molecular weight excluding hydrogens is 765 g/mol. The van der Waals surface area contributed by atoms with Crippen molar-refractivity contribution in [2.45, 2.75) is 135 Å². The summed E-state index contributed by atoms with van der Waals surface area (Å²) in [4.78, 5) is 89.5. The minimum atomic E-state index is -1.27. The number of azide groups is 1. The van der Waals surface area contributed by atoms with Gasteiger partial charge in [-0.3, -0.25) is 29.0 Å². The summed E-state index contributed by atoms with van der Waals surface area (Å²) in [6, 6.07) is -0.870. The van der Waals surface area contributed by atoms with E-state index in [1.807, 2.05) is 20.8 Å². The number of carbonyl (C=O) groups is 6. The Hall–Kier alpha value is -5.62. The Morgan fingerprint density at radius 2 is 1.58 bits per heavy atom. The quantitative estimate of drug-likeness (QED) is 0.0160. The highest BCUT2D eigenvalue weighted by Crippen LogP contribution is 2.22. The van der Waals surface area contributed by atoms with Crippen molar-refractivity contribution in [2.75, 3.05) is 19.6 Å². The summed E-state index contributed by atoms with van der Waals surface area (Å²) in [5, 5.41) is 34.1. The van der Waals surface area contributed by atoms with Gasteiger partial charge < -0.3 is 53.6 Å². The number of nitrogens with zero attached hydrogens (tertiary/aromatic N) is 5. The number of guanidine groups is 1. The van der Waals surface area contributed by atoms with Gasteiger partial charge in [0.15, 0.2) is 5.96 Å². The first kappa shape index (κ1) is 49.5. The predicted molar refractivity (Wildman–Crippen MR) is 221 cm³/mol. The van der Waals surface area contributed by atoms with Crippen LogP contribution in [0.4, 0.5) is 0 Å². The molecule has 1 heterocycles. The van der Waals surface area contributed by atoms with Gasteiger partial charge in [0.25, 0.3) is 0 Å². The van der Waals surface area contributed by atoms with Gasteiger partial charge in [0, 0.05) is 24.4 Å². The molecule has 1 aliphatic heterocycles. The molecule has 12 N–H and O–H groups in total. The lowest BCUT2D eigenvalue weighted by Crippen LogP contribution is -2.60. The number of carbonyl (C=O) groups excluding carboxylic acids is 5. The van der Waals surface area contributed by atoms with E-state index in [0.29, 0.717) is 37.8 Å². The number of aromatic hydroxyl groups is 1. The van der Waals surface area contributed by atoms with Gasteiger partial charge in [-0.2, -0.15) is 0 Å². The first-order chi connectivity index (χ1) is 28.0. The number of carboxylic acids is 1. The Morgan fingerprint density at radius 1 is 0.898 bits per heavy atom. The van der Waals surface area contributed by atoms with Crippen LogP contribution in [0.25, 0.3) is 10.4 Å². The number of nitrogens with one attached hydrogen (secondary N) is 4. The zero-order chi connectivity index (χ0) is 44.1. The number of hydrogen-bond donors (Lipinski definition) is 9. The van der Waals surface area contributed by atoms with Crippen LogP contribution in [-0.2, 0) is 35.2 Å². The highest BCUT2D eigenvalue weighted by atomic mass is 16.4. The summed E-state index contributed by atoms with van der Waals surface area (Å²) >= 11 is 0. The lowest BCUT2D eigenvalue weighted by molar-refractivity contribution is -0.143. The molecule has 0 aliphatic carbocycles. The zero-order valence-electron chi connectivity index (χ0n) is 34.6. The first-order valence-corrected chi connectivity index (χ1v) is 20.3. The number of hydrogen-bond acceptors (Lipinski definition) is 10. The van der Waals surface area contributed by atoms with Crippen molar-refractivity contribution in [1.82, 2.24) is 26.2 Å². The number of unbranched alkanes of at least 4 members (excludes halogenated alkanes) is 2. The smallest absolute Gasteiger partial charge is 0.326 e. The van der Waals surface area contributed by atoms with E-state index in [-0.39, 0.29) is 69.2 Å². The molecule has 5 amide bonds. The Kier molecular flexibility index (Phi) is 21.6. The van der Waals surface area contributed by atoms with Crippen molar-refractivity contribution in [2.24, 2.45) is 39.1 Å². The lowest BCUT2D eigenvalue weighted by atomic mass is 9.96.